The number of hydrogen-bond acceptors (Lipinski definition) is 4. The van der Waals surface area contributed by atoms with Crippen molar-refractivity contribution < 1.29 is 8.42 Å². The van der Waals surface area contributed by atoms with E-state index in [1.54, 1.807) is 23.5 Å². The third-order valence-corrected chi connectivity index (χ3v) is 8.00. The van der Waals surface area contributed by atoms with Crippen LogP contribution in [-0.2, 0) is 16.6 Å². The number of nitrogens with zero attached hydrogens (tertiary/aromatic N) is 3. The third kappa shape index (κ3) is 6.54. The fourth-order valence-corrected chi connectivity index (χ4v) is 5.85. The zero-order valence-corrected chi connectivity index (χ0v) is 21.4. The number of benzene rings is 1. The lowest BCUT2D eigenvalue weighted by Gasteiger charge is -2.32. The first kappa shape index (κ1) is 25.4. The summed E-state index contributed by atoms with van der Waals surface area (Å²) in [4.78, 5) is 6.88. The van der Waals surface area contributed by atoms with Gasteiger partial charge in [-0.2, -0.15) is 4.31 Å². The topological polar surface area (TPSA) is 77.0 Å². The monoisotopic (exact) mass is 549 g/mol. The second kappa shape index (κ2) is 11.6. The highest BCUT2D eigenvalue weighted by molar-refractivity contribution is 14.0. The molecule has 0 bridgehead atoms. The Hall–Kier alpha value is -0.910. The molecule has 30 heavy (non-hydrogen) atoms. The van der Waals surface area contributed by atoms with Crippen molar-refractivity contribution in [2.45, 2.75) is 50.1 Å². The minimum atomic E-state index is -3.50. The fraction of sp³-hybridized carbons (Fsp3) is 0.667. The van der Waals surface area contributed by atoms with E-state index in [-0.39, 0.29) is 24.0 Å². The maximum Gasteiger partial charge on any atom is 0.243 e. The Morgan fingerprint density at radius 1 is 1.17 bits per heavy atom. The molecule has 2 aliphatic rings. The number of hydrogen-bond donors (Lipinski definition) is 2. The molecule has 3 rings (SSSR count). The van der Waals surface area contributed by atoms with Gasteiger partial charge in [0.05, 0.1) is 4.90 Å². The number of sulfonamides is 1. The molecule has 2 N–H and O–H groups in total. The van der Waals surface area contributed by atoms with E-state index in [2.05, 4.69) is 27.4 Å². The van der Waals surface area contributed by atoms with Gasteiger partial charge in [-0.05, 0) is 37.4 Å². The summed E-state index contributed by atoms with van der Waals surface area (Å²) < 4.78 is 28.0. The normalized spacial score (nSPS) is 24.2. The average Bonchev–Trinajstić information content (AvgIpc) is 2.71. The molecule has 2 atom stereocenters. The second-order valence-electron chi connectivity index (χ2n) is 8.35. The number of likely N-dealkylation sites (N-methyl/N-ethyl adjacent to an activating group) is 1. The second-order valence-corrected chi connectivity index (χ2v) is 10.3. The molecule has 1 heterocycles. The van der Waals surface area contributed by atoms with Crippen molar-refractivity contribution in [2.24, 2.45) is 10.9 Å². The number of aliphatic imine (C=N–C) groups is 1. The predicted molar refractivity (Wildman–Crippen MR) is 133 cm³/mol. The summed E-state index contributed by atoms with van der Waals surface area (Å²) in [5.41, 5.74) is 0.770. The summed E-state index contributed by atoms with van der Waals surface area (Å²) in [6.07, 6.45) is 4.83. The first-order chi connectivity index (χ1) is 13.9. The van der Waals surface area contributed by atoms with Crippen molar-refractivity contribution in [1.29, 1.82) is 0 Å². The highest BCUT2D eigenvalue weighted by Gasteiger charge is 2.29. The van der Waals surface area contributed by atoms with Gasteiger partial charge in [0.2, 0.25) is 10.0 Å². The molecule has 170 valence electrons. The highest BCUT2D eigenvalue weighted by atomic mass is 127. The minimum absolute atomic E-state index is 0. The number of piperazine rings is 1. The molecule has 1 aliphatic carbocycles. The molecule has 7 nitrogen and oxygen atoms in total. The molecule has 0 spiro atoms. The maximum absolute atomic E-state index is 13.2. The van der Waals surface area contributed by atoms with Crippen LogP contribution in [0.1, 0.15) is 38.2 Å². The van der Waals surface area contributed by atoms with Crippen LogP contribution in [-0.4, -0.2) is 69.9 Å². The average molecular weight is 550 g/mol. The molecule has 2 unspecified atom stereocenters. The van der Waals surface area contributed by atoms with E-state index in [0.717, 1.165) is 43.4 Å². The van der Waals surface area contributed by atoms with Crippen LogP contribution in [0.4, 0.5) is 0 Å². The lowest BCUT2D eigenvalue weighted by molar-refractivity contribution is 0.222. The molecule has 1 aromatic rings. The number of guanidine groups is 1. The molecule has 0 amide bonds. The van der Waals surface area contributed by atoms with Crippen molar-refractivity contribution in [3.63, 3.8) is 0 Å². The fourth-order valence-electron chi connectivity index (χ4n) is 4.20. The van der Waals surface area contributed by atoms with Gasteiger partial charge in [0.15, 0.2) is 5.96 Å². The Kier molecular flexibility index (Phi) is 9.83. The van der Waals surface area contributed by atoms with Gasteiger partial charge in [-0.15, -0.1) is 24.0 Å². The van der Waals surface area contributed by atoms with Crippen LogP contribution in [0.5, 0.6) is 0 Å². The summed E-state index contributed by atoms with van der Waals surface area (Å²) >= 11 is 0. The van der Waals surface area contributed by atoms with E-state index in [4.69, 9.17) is 0 Å². The van der Waals surface area contributed by atoms with Crippen LogP contribution < -0.4 is 10.6 Å². The Morgan fingerprint density at radius 2 is 1.87 bits per heavy atom. The van der Waals surface area contributed by atoms with Crippen molar-refractivity contribution in [2.75, 3.05) is 40.3 Å². The quantitative estimate of drug-likeness (QED) is 0.336. The Balaban J connectivity index is 0.00000320. The van der Waals surface area contributed by atoms with Crippen LogP contribution in [0.15, 0.2) is 34.2 Å². The van der Waals surface area contributed by atoms with Crippen LogP contribution in [0.2, 0.25) is 0 Å². The predicted octanol–water partition coefficient (Wildman–Crippen LogP) is 2.48. The minimum Gasteiger partial charge on any atom is -0.354 e. The van der Waals surface area contributed by atoms with E-state index >= 15 is 0 Å². The molecule has 1 aliphatic heterocycles. The maximum atomic E-state index is 13.2. The third-order valence-electron chi connectivity index (χ3n) is 6.00. The van der Waals surface area contributed by atoms with Gasteiger partial charge >= 0.3 is 0 Å². The van der Waals surface area contributed by atoms with Gasteiger partial charge in [0.25, 0.3) is 0 Å². The van der Waals surface area contributed by atoms with Crippen molar-refractivity contribution >= 4 is 40.0 Å². The Bertz CT molecular complexity index is 809. The number of halogens is 1. The van der Waals surface area contributed by atoms with Gasteiger partial charge in [-0.3, -0.25) is 4.99 Å². The molecule has 9 heteroatoms. The smallest absolute Gasteiger partial charge is 0.243 e. The summed E-state index contributed by atoms with van der Waals surface area (Å²) in [6, 6.07) is 7.70. The van der Waals surface area contributed by atoms with E-state index in [1.807, 2.05) is 19.2 Å². The molecular weight excluding hydrogens is 513 g/mol. The van der Waals surface area contributed by atoms with Crippen molar-refractivity contribution in [3.8, 4) is 0 Å². The first-order valence-corrected chi connectivity index (χ1v) is 12.1. The van der Waals surface area contributed by atoms with Crippen LogP contribution in [0.25, 0.3) is 0 Å². The van der Waals surface area contributed by atoms with E-state index < -0.39 is 10.0 Å². The molecule has 0 aromatic heterocycles. The Morgan fingerprint density at radius 3 is 2.53 bits per heavy atom. The lowest BCUT2D eigenvalue weighted by Crippen LogP contribution is -2.47. The zero-order valence-electron chi connectivity index (χ0n) is 18.3. The summed E-state index contributed by atoms with van der Waals surface area (Å²) in [5.74, 6) is 1.46. The van der Waals surface area contributed by atoms with Crippen LogP contribution in [0, 0.1) is 5.92 Å². The van der Waals surface area contributed by atoms with Gasteiger partial charge in [-0.1, -0.05) is 38.0 Å². The largest absolute Gasteiger partial charge is 0.354 e. The molecule has 1 saturated heterocycles. The summed E-state index contributed by atoms with van der Waals surface area (Å²) in [5, 5.41) is 6.82. The Labute approximate surface area is 198 Å². The van der Waals surface area contributed by atoms with Crippen molar-refractivity contribution in [1.82, 2.24) is 19.8 Å². The summed E-state index contributed by atoms with van der Waals surface area (Å²) in [6.45, 7) is 5.30. The zero-order chi connectivity index (χ0) is 20.9. The van der Waals surface area contributed by atoms with Crippen LogP contribution in [0.3, 0.4) is 0 Å². The summed E-state index contributed by atoms with van der Waals surface area (Å²) in [7, 11) is 0.281. The first-order valence-electron chi connectivity index (χ1n) is 10.6. The van der Waals surface area contributed by atoms with E-state index in [0.29, 0.717) is 30.6 Å². The molecule has 1 saturated carbocycles. The van der Waals surface area contributed by atoms with Crippen LogP contribution >= 0.6 is 24.0 Å². The van der Waals surface area contributed by atoms with E-state index in [9.17, 15) is 8.42 Å². The number of nitrogens with one attached hydrogen (secondary N) is 2. The van der Waals surface area contributed by atoms with Gasteiger partial charge < -0.3 is 15.5 Å². The molecule has 1 aromatic carbocycles. The lowest BCUT2D eigenvalue weighted by atomic mass is 9.87. The standard InChI is InChI=1S/C21H35N5O2S.HI/c1-17-7-6-9-19(15-17)24-21(22-2)23-16-18-8-4-5-10-20(18)29(27,28)26-13-11-25(3)12-14-26;/h4-5,8,10,17,19H,6-7,9,11-16H2,1-3H3,(H2,22,23,24);1H. The van der Waals surface area contributed by atoms with Gasteiger partial charge in [0.1, 0.15) is 0 Å². The van der Waals surface area contributed by atoms with Gasteiger partial charge in [-0.25, -0.2) is 8.42 Å². The van der Waals surface area contributed by atoms with Crippen molar-refractivity contribution in [3.05, 3.63) is 29.8 Å². The molecule has 2 fully saturated rings. The molecule has 0 radical (unpaired) electrons. The number of rotatable bonds is 5. The van der Waals surface area contributed by atoms with Gasteiger partial charge in [0, 0.05) is 45.8 Å². The highest BCUT2D eigenvalue weighted by Crippen LogP contribution is 2.24. The van der Waals surface area contributed by atoms with E-state index in [1.165, 1.54) is 12.8 Å². The molecular formula is C21H36IN5O2S. The SMILES string of the molecule is CN=C(NCc1ccccc1S(=O)(=O)N1CCN(C)CC1)NC1CCCC(C)C1.I.